The number of carbonyl (C=O) groups is 1. The van der Waals surface area contributed by atoms with Crippen LogP contribution >= 0.6 is 0 Å². The van der Waals surface area contributed by atoms with E-state index in [1.165, 1.54) is 122 Å². The predicted octanol–water partition coefficient (Wildman–Crippen LogP) is 9.09. The van der Waals surface area contributed by atoms with Gasteiger partial charge in [-0.2, -0.15) is 0 Å². The van der Waals surface area contributed by atoms with E-state index in [-0.39, 0.29) is 0 Å². The highest BCUT2D eigenvalue weighted by Crippen LogP contribution is 2.15. The molecule has 0 aromatic heterocycles. The molecular weight excluding hydrogens is 344 g/mol. The van der Waals surface area contributed by atoms with Crippen molar-refractivity contribution in [3.8, 4) is 0 Å². The van der Waals surface area contributed by atoms with Gasteiger partial charge >= 0.3 is 5.97 Å². The van der Waals surface area contributed by atoms with Gasteiger partial charge in [0.25, 0.3) is 0 Å². The first kappa shape index (κ1) is 27.2. The number of rotatable bonds is 22. The van der Waals surface area contributed by atoms with E-state index in [9.17, 15) is 4.79 Å². The number of allylic oxidation sites excluding steroid dienone is 1. The lowest BCUT2D eigenvalue weighted by Gasteiger charge is -2.05. The van der Waals surface area contributed by atoms with Crippen LogP contribution in [0.15, 0.2) is 12.2 Å². The van der Waals surface area contributed by atoms with Crippen LogP contribution in [0.1, 0.15) is 142 Å². The van der Waals surface area contributed by atoms with Gasteiger partial charge in [0.2, 0.25) is 0 Å². The molecule has 0 radical (unpaired) electrons. The molecule has 0 aromatic carbocycles. The maximum absolute atomic E-state index is 10.3. The molecule has 2 heteroatoms. The third-order valence-electron chi connectivity index (χ3n) is 5.66. The van der Waals surface area contributed by atoms with Crippen LogP contribution in [0.4, 0.5) is 0 Å². The number of hydrogen-bond acceptors (Lipinski definition) is 1. The van der Waals surface area contributed by atoms with E-state index in [4.69, 9.17) is 5.11 Å². The molecular formula is C26H50O2. The van der Waals surface area contributed by atoms with Crippen molar-refractivity contribution in [2.45, 2.75) is 142 Å². The van der Waals surface area contributed by atoms with Crippen LogP contribution in [0.5, 0.6) is 0 Å². The second kappa shape index (κ2) is 22.5. The smallest absolute Gasteiger partial charge is 0.327 e. The van der Waals surface area contributed by atoms with Crippen LogP contribution < -0.4 is 0 Å². The Morgan fingerprint density at radius 1 is 0.607 bits per heavy atom. The van der Waals surface area contributed by atoms with Gasteiger partial charge in [-0.05, 0) is 18.8 Å². The second-order valence-electron chi connectivity index (χ2n) is 9.08. The first-order valence-electron chi connectivity index (χ1n) is 12.5. The molecule has 0 saturated carbocycles. The SMILES string of the molecule is CC(C)CCCCCCCCCCCCCCCCCCCCC=CC(=O)O. The molecule has 0 saturated heterocycles. The lowest BCUT2D eigenvalue weighted by atomic mass is 10.0. The standard InChI is InChI=1S/C26H50O2/c1-25(2)23-21-19-17-15-13-11-9-7-5-3-4-6-8-10-12-14-16-18-20-22-24-26(27)28/h22,24-25H,3-21,23H2,1-2H3,(H,27,28). The fraction of sp³-hybridized carbons (Fsp3) is 0.885. The molecule has 28 heavy (non-hydrogen) atoms. The molecule has 0 atom stereocenters. The number of aliphatic carboxylic acids is 1. The van der Waals surface area contributed by atoms with Crippen molar-refractivity contribution in [1.82, 2.24) is 0 Å². The van der Waals surface area contributed by atoms with Crippen molar-refractivity contribution >= 4 is 5.97 Å². The van der Waals surface area contributed by atoms with Gasteiger partial charge in [-0.15, -0.1) is 0 Å². The zero-order valence-corrected chi connectivity index (χ0v) is 19.2. The molecule has 166 valence electrons. The van der Waals surface area contributed by atoms with E-state index >= 15 is 0 Å². The van der Waals surface area contributed by atoms with E-state index in [0.29, 0.717) is 0 Å². The molecule has 0 aliphatic heterocycles. The minimum absolute atomic E-state index is 0.831. The van der Waals surface area contributed by atoms with E-state index in [1.54, 1.807) is 6.08 Å². The number of carboxylic acid groups (broad SMARTS) is 1. The average Bonchev–Trinajstić information content (AvgIpc) is 2.65. The quantitative estimate of drug-likeness (QED) is 0.147. The molecule has 2 nitrogen and oxygen atoms in total. The third kappa shape index (κ3) is 25.2. The highest BCUT2D eigenvalue weighted by molar-refractivity contribution is 5.79. The Kier molecular flexibility index (Phi) is 21.9. The van der Waals surface area contributed by atoms with Crippen molar-refractivity contribution < 1.29 is 9.90 Å². The molecule has 0 heterocycles. The maximum Gasteiger partial charge on any atom is 0.327 e. The van der Waals surface area contributed by atoms with Gasteiger partial charge in [-0.3, -0.25) is 0 Å². The summed E-state index contributed by atoms with van der Waals surface area (Å²) in [5.41, 5.74) is 0. The fourth-order valence-corrected chi connectivity index (χ4v) is 3.83. The van der Waals surface area contributed by atoms with Crippen molar-refractivity contribution in [2.75, 3.05) is 0 Å². The minimum Gasteiger partial charge on any atom is -0.478 e. The first-order chi connectivity index (χ1) is 13.6. The Morgan fingerprint density at radius 3 is 1.25 bits per heavy atom. The summed E-state index contributed by atoms with van der Waals surface area (Å²) in [5.74, 6) is 0.0499. The Morgan fingerprint density at radius 2 is 0.929 bits per heavy atom. The third-order valence-corrected chi connectivity index (χ3v) is 5.66. The highest BCUT2D eigenvalue weighted by Gasteiger charge is 1.96. The summed E-state index contributed by atoms with van der Waals surface area (Å²) >= 11 is 0. The largest absolute Gasteiger partial charge is 0.478 e. The van der Waals surface area contributed by atoms with Crippen molar-refractivity contribution in [2.24, 2.45) is 5.92 Å². The van der Waals surface area contributed by atoms with Gasteiger partial charge in [0.05, 0.1) is 0 Å². The van der Waals surface area contributed by atoms with Crippen LogP contribution in [-0.2, 0) is 4.79 Å². The minimum atomic E-state index is -0.831. The summed E-state index contributed by atoms with van der Waals surface area (Å²) in [7, 11) is 0. The molecule has 0 spiro atoms. The summed E-state index contributed by atoms with van der Waals surface area (Å²) in [4.78, 5) is 10.3. The Labute approximate surface area is 176 Å². The van der Waals surface area contributed by atoms with Crippen LogP contribution in [0.25, 0.3) is 0 Å². The number of carboxylic acids is 1. The fourth-order valence-electron chi connectivity index (χ4n) is 3.83. The van der Waals surface area contributed by atoms with Crippen LogP contribution in [-0.4, -0.2) is 11.1 Å². The summed E-state index contributed by atoms with van der Waals surface area (Å²) in [5, 5.41) is 8.50. The maximum atomic E-state index is 10.3. The molecule has 0 fully saturated rings. The molecule has 0 aliphatic rings. The second-order valence-corrected chi connectivity index (χ2v) is 9.08. The van der Waals surface area contributed by atoms with Crippen LogP contribution in [0.2, 0.25) is 0 Å². The first-order valence-corrected chi connectivity index (χ1v) is 12.5. The molecule has 0 aliphatic carbocycles. The lowest BCUT2D eigenvalue weighted by Crippen LogP contribution is -1.87. The van der Waals surface area contributed by atoms with Crippen LogP contribution in [0.3, 0.4) is 0 Å². The summed E-state index contributed by atoms with van der Waals surface area (Å²) in [6.07, 6.45) is 30.5. The Bertz CT molecular complexity index is 346. The zero-order chi connectivity index (χ0) is 20.7. The van der Waals surface area contributed by atoms with Gasteiger partial charge in [0.15, 0.2) is 0 Å². The lowest BCUT2D eigenvalue weighted by molar-refractivity contribution is -0.131. The Hall–Kier alpha value is -0.790. The van der Waals surface area contributed by atoms with Gasteiger partial charge in [0, 0.05) is 6.08 Å². The predicted molar refractivity (Wildman–Crippen MR) is 124 cm³/mol. The number of unbranched alkanes of at least 4 members (excludes halogenated alkanes) is 18. The monoisotopic (exact) mass is 394 g/mol. The summed E-state index contributed by atoms with van der Waals surface area (Å²) < 4.78 is 0. The van der Waals surface area contributed by atoms with Gasteiger partial charge in [-0.25, -0.2) is 4.79 Å². The van der Waals surface area contributed by atoms with E-state index < -0.39 is 5.97 Å². The highest BCUT2D eigenvalue weighted by atomic mass is 16.4. The van der Waals surface area contributed by atoms with E-state index in [0.717, 1.165) is 18.8 Å². The normalized spacial score (nSPS) is 11.7. The molecule has 0 aromatic rings. The molecule has 0 rings (SSSR count). The molecule has 0 unspecified atom stereocenters. The molecule has 0 bridgehead atoms. The molecule has 1 N–H and O–H groups in total. The van der Waals surface area contributed by atoms with Gasteiger partial charge in [0.1, 0.15) is 0 Å². The molecule has 0 amide bonds. The summed E-state index contributed by atoms with van der Waals surface area (Å²) in [6, 6.07) is 0. The van der Waals surface area contributed by atoms with E-state index in [1.807, 2.05) is 0 Å². The van der Waals surface area contributed by atoms with Crippen molar-refractivity contribution in [1.29, 1.82) is 0 Å². The Balaban J connectivity index is 3.04. The van der Waals surface area contributed by atoms with Gasteiger partial charge < -0.3 is 5.11 Å². The average molecular weight is 395 g/mol. The van der Waals surface area contributed by atoms with Gasteiger partial charge in [-0.1, -0.05) is 135 Å². The topological polar surface area (TPSA) is 37.3 Å². The zero-order valence-electron chi connectivity index (χ0n) is 19.2. The van der Waals surface area contributed by atoms with Crippen molar-refractivity contribution in [3.63, 3.8) is 0 Å². The number of hydrogen-bond donors (Lipinski definition) is 1. The van der Waals surface area contributed by atoms with Crippen LogP contribution in [0, 0.1) is 5.92 Å². The summed E-state index contributed by atoms with van der Waals surface area (Å²) in [6.45, 7) is 4.66. The van der Waals surface area contributed by atoms with E-state index in [2.05, 4.69) is 13.8 Å². The van der Waals surface area contributed by atoms with Crippen molar-refractivity contribution in [3.05, 3.63) is 12.2 Å².